The third kappa shape index (κ3) is 7.44. The number of halogens is 2. The lowest BCUT2D eigenvalue weighted by Gasteiger charge is -2.33. The number of sulfonamides is 1. The second-order valence-electron chi connectivity index (χ2n) is 10.3. The number of amides is 2. The Morgan fingerprint density at radius 3 is 2.21 bits per heavy atom. The van der Waals surface area contributed by atoms with Crippen LogP contribution in [-0.2, 0) is 26.2 Å². The van der Waals surface area contributed by atoms with Gasteiger partial charge < -0.3 is 15.0 Å². The van der Waals surface area contributed by atoms with Crippen LogP contribution in [0.15, 0.2) is 77.7 Å². The Morgan fingerprint density at radius 2 is 1.60 bits per heavy atom. The van der Waals surface area contributed by atoms with Gasteiger partial charge in [-0.05, 0) is 74.4 Å². The summed E-state index contributed by atoms with van der Waals surface area (Å²) in [5.74, 6) is -1.84. The Kier molecular flexibility index (Phi) is 10.2. The van der Waals surface area contributed by atoms with E-state index in [0.29, 0.717) is 5.75 Å². The van der Waals surface area contributed by atoms with E-state index in [4.69, 9.17) is 4.74 Å². The highest BCUT2D eigenvalue weighted by Gasteiger charge is 2.33. The normalized spacial score (nSPS) is 14.6. The molecule has 11 heteroatoms. The highest BCUT2D eigenvalue weighted by Crippen LogP contribution is 2.26. The minimum Gasteiger partial charge on any atom is -0.497 e. The van der Waals surface area contributed by atoms with Gasteiger partial charge in [-0.2, -0.15) is 0 Å². The molecular formula is C31H35F2N3O5S. The van der Waals surface area contributed by atoms with E-state index in [9.17, 15) is 26.8 Å². The molecule has 1 atom stereocenters. The van der Waals surface area contributed by atoms with E-state index >= 15 is 0 Å². The molecule has 0 heterocycles. The summed E-state index contributed by atoms with van der Waals surface area (Å²) in [6.07, 6.45) is 4.75. The predicted molar refractivity (Wildman–Crippen MR) is 155 cm³/mol. The summed E-state index contributed by atoms with van der Waals surface area (Å²) < 4.78 is 62.1. The van der Waals surface area contributed by atoms with Crippen molar-refractivity contribution in [2.24, 2.45) is 0 Å². The van der Waals surface area contributed by atoms with Crippen LogP contribution in [0.5, 0.6) is 5.75 Å². The topological polar surface area (TPSA) is 96.0 Å². The van der Waals surface area contributed by atoms with Crippen LogP contribution >= 0.6 is 0 Å². The fourth-order valence-electron chi connectivity index (χ4n) is 4.97. The molecule has 0 bridgehead atoms. The van der Waals surface area contributed by atoms with Gasteiger partial charge >= 0.3 is 0 Å². The number of ether oxygens (including phenoxy) is 1. The zero-order chi connectivity index (χ0) is 30.3. The zero-order valence-corrected chi connectivity index (χ0v) is 24.4. The molecule has 1 aliphatic rings. The van der Waals surface area contributed by atoms with Crippen molar-refractivity contribution in [1.82, 2.24) is 10.2 Å². The van der Waals surface area contributed by atoms with Gasteiger partial charge in [-0.15, -0.1) is 0 Å². The average Bonchev–Trinajstić information content (AvgIpc) is 3.00. The molecule has 8 nitrogen and oxygen atoms in total. The lowest BCUT2D eigenvalue weighted by Crippen LogP contribution is -2.53. The van der Waals surface area contributed by atoms with Crippen LogP contribution in [0.1, 0.15) is 44.6 Å². The Bertz CT molecular complexity index is 1480. The maximum absolute atomic E-state index is 14.7. The van der Waals surface area contributed by atoms with Gasteiger partial charge in [-0.25, -0.2) is 17.2 Å². The number of hydrogen-bond acceptors (Lipinski definition) is 5. The summed E-state index contributed by atoms with van der Waals surface area (Å²) in [6, 6.07) is 15.2. The highest BCUT2D eigenvalue weighted by molar-refractivity contribution is 7.92. The van der Waals surface area contributed by atoms with Crippen LogP contribution in [0.3, 0.4) is 0 Å². The van der Waals surface area contributed by atoms with Gasteiger partial charge in [0.05, 0.1) is 17.7 Å². The van der Waals surface area contributed by atoms with E-state index in [-0.39, 0.29) is 28.7 Å². The molecule has 3 aromatic carbocycles. The summed E-state index contributed by atoms with van der Waals surface area (Å²) in [4.78, 5) is 28.3. The van der Waals surface area contributed by atoms with Gasteiger partial charge in [-0.3, -0.25) is 13.9 Å². The summed E-state index contributed by atoms with van der Waals surface area (Å²) >= 11 is 0. The van der Waals surface area contributed by atoms with Crippen molar-refractivity contribution in [2.75, 3.05) is 18.0 Å². The minimum atomic E-state index is -4.34. The lowest BCUT2D eigenvalue weighted by atomic mass is 9.95. The van der Waals surface area contributed by atoms with E-state index in [0.717, 1.165) is 48.5 Å². The second kappa shape index (κ2) is 13.8. The first kappa shape index (κ1) is 31.0. The van der Waals surface area contributed by atoms with Gasteiger partial charge in [0.15, 0.2) is 0 Å². The van der Waals surface area contributed by atoms with Gasteiger partial charge in [-0.1, -0.05) is 37.5 Å². The number of anilines is 1. The highest BCUT2D eigenvalue weighted by atomic mass is 32.2. The van der Waals surface area contributed by atoms with Crippen molar-refractivity contribution in [3.8, 4) is 5.75 Å². The number of carbonyl (C=O) groups excluding carboxylic acids is 2. The molecule has 0 aliphatic heterocycles. The van der Waals surface area contributed by atoms with Gasteiger partial charge in [0.2, 0.25) is 11.8 Å². The number of methoxy groups -OCH3 is 1. The van der Waals surface area contributed by atoms with E-state index in [1.54, 1.807) is 6.07 Å². The average molecular weight is 600 g/mol. The van der Waals surface area contributed by atoms with Crippen LogP contribution < -0.4 is 14.4 Å². The van der Waals surface area contributed by atoms with Crippen LogP contribution in [0.25, 0.3) is 0 Å². The van der Waals surface area contributed by atoms with Gasteiger partial charge in [0, 0.05) is 18.2 Å². The number of benzene rings is 3. The molecule has 1 fully saturated rings. The smallest absolute Gasteiger partial charge is 0.264 e. The fourth-order valence-corrected chi connectivity index (χ4v) is 6.39. The molecule has 0 aromatic heterocycles. The SMILES string of the molecule is COc1ccc(S(=O)(=O)N(CC(=O)N(Cc2ccccc2F)C(C)C(=O)NC2CCCCC2)c2ccc(F)cc2)cc1. The first-order chi connectivity index (χ1) is 20.1. The molecule has 3 aromatic rings. The molecule has 1 saturated carbocycles. The van der Waals surface area contributed by atoms with Crippen molar-refractivity contribution in [3.63, 3.8) is 0 Å². The lowest BCUT2D eigenvalue weighted by molar-refractivity contribution is -0.139. The van der Waals surface area contributed by atoms with Crippen molar-refractivity contribution in [1.29, 1.82) is 0 Å². The maximum atomic E-state index is 14.7. The summed E-state index contributed by atoms with van der Waals surface area (Å²) in [5, 5.41) is 3.00. The molecule has 4 rings (SSSR count). The van der Waals surface area contributed by atoms with Crippen molar-refractivity contribution < 1.29 is 31.5 Å². The maximum Gasteiger partial charge on any atom is 0.264 e. The standard InChI is InChI=1S/C31H35F2N3O5S/c1-22(31(38)34-25-9-4-3-5-10-25)35(20-23-8-6-7-11-29(23)33)30(37)21-36(26-14-12-24(32)13-15-26)42(39,40)28-18-16-27(41-2)17-19-28/h6-8,11-19,22,25H,3-5,9-10,20-21H2,1-2H3,(H,34,38). The summed E-state index contributed by atoms with van der Waals surface area (Å²) in [6.45, 7) is 0.567. The number of nitrogens with zero attached hydrogens (tertiary/aromatic N) is 2. The Morgan fingerprint density at radius 1 is 0.952 bits per heavy atom. The van der Waals surface area contributed by atoms with E-state index in [1.165, 1.54) is 73.5 Å². The third-order valence-electron chi connectivity index (χ3n) is 7.46. The number of nitrogens with one attached hydrogen (secondary N) is 1. The molecule has 1 unspecified atom stereocenters. The van der Waals surface area contributed by atoms with Crippen LogP contribution in [0.2, 0.25) is 0 Å². The van der Waals surface area contributed by atoms with Crippen LogP contribution in [-0.4, -0.2) is 50.9 Å². The molecule has 224 valence electrons. The molecule has 0 spiro atoms. The molecule has 1 N–H and O–H groups in total. The van der Waals surface area contributed by atoms with E-state index in [2.05, 4.69) is 5.32 Å². The number of hydrogen-bond donors (Lipinski definition) is 1. The fraction of sp³-hybridized carbons (Fsp3) is 0.355. The van der Waals surface area contributed by atoms with Crippen molar-refractivity contribution in [2.45, 2.75) is 62.6 Å². The minimum absolute atomic E-state index is 0.0229. The Hall–Kier alpha value is -3.99. The largest absolute Gasteiger partial charge is 0.497 e. The second-order valence-corrected chi connectivity index (χ2v) is 12.2. The van der Waals surface area contributed by atoms with Crippen LogP contribution in [0.4, 0.5) is 14.5 Å². The molecule has 2 amide bonds. The van der Waals surface area contributed by atoms with Gasteiger partial charge in [0.1, 0.15) is 30.0 Å². The number of carbonyl (C=O) groups is 2. The quantitative estimate of drug-likeness (QED) is 0.334. The monoisotopic (exact) mass is 599 g/mol. The van der Waals surface area contributed by atoms with Crippen molar-refractivity contribution >= 4 is 27.5 Å². The molecule has 0 saturated heterocycles. The Balaban J connectivity index is 1.68. The van der Waals surface area contributed by atoms with Crippen molar-refractivity contribution in [3.05, 3.63) is 90.0 Å². The third-order valence-corrected chi connectivity index (χ3v) is 9.25. The van der Waals surface area contributed by atoms with Gasteiger partial charge in [0.25, 0.3) is 10.0 Å². The zero-order valence-electron chi connectivity index (χ0n) is 23.6. The summed E-state index contributed by atoms with van der Waals surface area (Å²) in [5.41, 5.74) is 0.222. The van der Waals surface area contributed by atoms with Crippen LogP contribution in [0, 0.1) is 11.6 Å². The molecule has 0 radical (unpaired) electrons. The van der Waals surface area contributed by atoms with E-state index < -0.39 is 46.1 Å². The summed E-state index contributed by atoms with van der Waals surface area (Å²) in [7, 11) is -2.89. The molecular weight excluding hydrogens is 564 g/mol. The van der Waals surface area contributed by atoms with E-state index in [1.807, 2.05) is 0 Å². The number of rotatable bonds is 11. The first-order valence-corrected chi connectivity index (χ1v) is 15.3. The molecule has 1 aliphatic carbocycles. The predicted octanol–water partition coefficient (Wildman–Crippen LogP) is 5.03. The first-order valence-electron chi connectivity index (χ1n) is 13.9. The molecule has 42 heavy (non-hydrogen) atoms. The Labute approximate surface area is 245 Å².